The normalized spacial score (nSPS) is 23.0. The molecular formula is C23H34ClN3O4. The number of benzene rings is 1. The van der Waals surface area contributed by atoms with Crippen molar-refractivity contribution in [3.05, 3.63) is 29.3 Å². The first-order chi connectivity index (χ1) is 14.6. The second kappa shape index (κ2) is 9.76. The maximum atomic E-state index is 13.2. The summed E-state index contributed by atoms with van der Waals surface area (Å²) >= 11 is 6.08. The number of carbonyl (C=O) groups is 2. The molecule has 0 radical (unpaired) electrons. The van der Waals surface area contributed by atoms with Crippen LogP contribution in [0.5, 0.6) is 5.75 Å². The Morgan fingerprint density at radius 1 is 1.13 bits per heavy atom. The fourth-order valence-corrected chi connectivity index (χ4v) is 4.13. The number of rotatable bonds is 5. The Kier molecular flexibility index (Phi) is 7.50. The van der Waals surface area contributed by atoms with Gasteiger partial charge in [-0.05, 0) is 25.2 Å². The van der Waals surface area contributed by atoms with Crippen LogP contribution in [0.1, 0.15) is 27.2 Å². The van der Waals surface area contributed by atoms with Crippen LogP contribution in [0.3, 0.4) is 0 Å². The van der Waals surface area contributed by atoms with E-state index in [4.69, 9.17) is 21.1 Å². The lowest BCUT2D eigenvalue weighted by Gasteiger charge is -2.44. The number of morpholine rings is 1. The summed E-state index contributed by atoms with van der Waals surface area (Å²) in [5, 5.41) is 0.578. The van der Waals surface area contributed by atoms with Gasteiger partial charge in [0.2, 0.25) is 11.8 Å². The third-order valence-corrected chi connectivity index (χ3v) is 6.04. The van der Waals surface area contributed by atoms with Gasteiger partial charge in [0, 0.05) is 43.2 Å². The predicted octanol–water partition coefficient (Wildman–Crippen LogP) is 2.53. The molecule has 3 rings (SSSR count). The van der Waals surface area contributed by atoms with E-state index in [1.165, 1.54) is 0 Å². The molecule has 8 heteroatoms. The lowest BCUT2D eigenvalue weighted by molar-refractivity contribution is -0.170. The largest absolute Gasteiger partial charge is 0.490 e. The molecule has 0 unspecified atom stereocenters. The number of piperazine rings is 1. The summed E-state index contributed by atoms with van der Waals surface area (Å²) < 4.78 is 12.2. The molecule has 0 aliphatic carbocycles. The molecule has 2 saturated heterocycles. The van der Waals surface area contributed by atoms with E-state index in [1.807, 2.05) is 42.7 Å². The van der Waals surface area contributed by atoms with Gasteiger partial charge in [0.05, 0.1) is 19.6 Å². The van der Waals surface area contributed by atoms with Crippen molar-refractivity contribution in [2.24, 2.45) is 5.41 Å². The first-order valence-corrected chi connectivity index (χ1v) is 11.2. The zero-order valence-electron chi connectivity index (χ0n) is 19.0. The summed E-state index contributed by atoms with van der Waals surface area (Å²) in [6.07, 6.45) is 0.172. The van der Waals surface area contributed by atoms with Gasteiger partial charge in [0.15, 0.2) is 0 Å². The SMILES string of the molecule is CN1CCN(C(=O)C[C@@]2(COc3cccc(Cl)c3)CN(C(=O)C(C)(C)C)CCO2)CC1. The van der Waals surface area contributed by atoms with Crippen LogP contribution < -0.4 is 4.74 Å². The Balaban J connectivity index is 1.77. The number of hydrogen-bond acceptors (Lipinski definition) is 5. The average molecular weight is 452 g/mol. The minimum absolute atomic E-state index is 0.0350. The lowest BCUT2D eigenvalue weighted by Crippen LogP contribution is -2.60. The molecule has 2 amide bonds. The zero-order chi connectivity index (χ0) is 22.6. The summed E-state index contributed by atoms with van der Waals surface area (Å²) in [4.78, 5) is 32.0. The van der Waals surface area contributed by atoms with Crippen LogP contribution in [0, 0.1) is 5.41 Å². The minimum atomic E-state index is -0.901. The molecule has 0 spiro atoms. The van der Waals surface area contributed by atoms with E-state index in [0.29, 0.717) is 43.6 Å². The Morgan fingerprint density at radius 3 is 2.48 bits per heavy atom. The quantitative estimate of drug-likeness (QED) is 0.688. The molecule has 172 valence electrons. The number of likely N-dealkylation sites (N-methyl/N-ethyl adjacent to an activating group) is 1. The summed E-state index contributed by atoms with van der Waals surface area (Å²) in [7, 11) is 2.06. The fraction of sp³-hybridized carbons (Fsp3) is 0.652. The predicted molar refractivity (Wildman–Crippen MR) is 120 cm³/mol. The number of hydrogen-bond donors (Lipinski definition) is 0. The van der Waals surface area contributed by atoms with Crippen LogP contribution >= 0.6 is 11.6 Å². The number of carbonyl (C=O) groups excluding carboxylic acids is 2. The van der Waals surface area contributed by atoms with Crippen molar-refractivity contribution in [3.8, 4) is 5.75 Å². The maximum absolute atomic E-state index is 13.2. The first-order valence-electron chi connectivity index (χ1n) is 10.9. The van der Waals surface area contributed by atoms with Gasteiger partial charge in [-0.15, -0.1) is 0 Å². The highest BCUT2D eigenvalue weighted by atomic mass is 35.5. The highest BCUT2D eigenvalue weighted by Crippen LogP contribution is 2.29. The molecule has 0 bridgehead atoms. The standard InChI is InChI=1S/C23H34ClN3O4/c1-22(2,3)21(29)27-12-13-31-23(16-27,17-30-19-7-5-6-18(24)14-19)15-20(28)26-10-8-25(4)9-11-26/h5-7,14H,8-13,15-17H2,1-4H3/t23-/m0/s1. The van der Waals surface area contributed by atoms with Crippen molar-refractivity contribution >= 4 is 23.4 Å². The number of amides is 2. The zero-order valence-corrected chi connectivity index (χ0v) is 19.8. The van der Waals surface area contributed by atoms with Gasteiger partial charge in [-0.2, -0.15) is 0 Å². The number of halogens is 1. The number of ether oxygens (including phenoxy) is 2. The second-order valence-corrected chi connectivity index (χ2v) is 10.1. The average Bonchev–Trinajstić information content (AvgIpc) is 2.72. The third kappa shape index (κ3) is 6.34. The summed E-state index contributed by atoms with van der Waals surface area (Å²) in [5.74, 6) is 0.699. The monoisotopic (exact) mass is 451 g/mol. The van der Waals surface area contributed by atoms with Crippen molar-refractivity contribution < 1.29 is 19.1 Å². The highest BCUT2D eigenvalue weighted by molar-refractivity contribution is 6.30. The lowest BCUT2D eigenvalue weighted by atomic mass is 9.91. The molecule has 0 saturated carbocycles. The molecular weight excluding hydrogens is 418 g/mol. The van der Waals surface area contributed by atoms with Crippen molar-refractivity contribution in [2.75, 3.05) is 59.5 Å². The van der Waals surface area contributed by atoms with Crippen LogP contribution in [-0.4, -0.2) is 91.6 Å². The molecule has 0 N–H and O–H groups in total. The summed E-state index contributed by atoms with van der Waals surface area (Å²) in [6, 6.07) is 7.15. The van der Waals surface area contributed by atoms with Gasteiger partial charge in [-0.3, -0.25) is 9.59 Å². The summed E-state index contributed by atoms with van der Waals surface area (Å²) in [5.41, 5.74) is -1.40. The van der Waals surface area contributed by atoms with Crippen molar-refractivity contribution in [3.63, 3.8) is 0 Å². The first kappa shape index (κ1) is 23.8. The fourth-order valence-electron chi connectivity index (χ4n) is 3.95. The van der Waals surface area contributed by atoms with Crippen LogP contribution in [0.2, 0.25) is 5.02 Å². The molecule has 31 heavy (non-hydrogen) atoms. The van der Waals surface area contributed by atoms with E-state index in [2.05, 4.69) is 11.9 Å². The molecule has 1 aromatic rings. The second-order valence-electron chi connectivity index (χ2n) is 9.62. The third-order valence-electron chi connectivity index (χ3n) is 5.80. The Labute approximate surface area is 190 Å². The molecule has 1 atom stereocenters. The van der Waals surface area contributed by atoms with E-state index < -0.39 is 11.0 Å². The Morgan fingerprint density at radius 2 is 1.84 bits per heavy atom. The van der Waals surface area contributed by atoms with E-state index in [1.54, 1.807) is 12.1 Å². The minimum Gasteiger partial charge on any atom is -0.490 e. The van der Waals surface area contributed by atoms with Gasteiger partial charge in [-0.25, -0.2) is 0 Å². The van der Waals surface area contributed by atoms with Gasteiger partial charge < -0.3 is 24.2 Å². The van der Waals surface area contributed by atoms with Crippen LogP contribution in [-0.2, 0) is 14.3 Å². The van der Waals surface area contributed by atoms with Gasteiger partial charge >= 0.3 is 0 Å². The van der Waals surface area contributed by atoms with Crippen molar-refractivity contribution in [1.29, 1.82) is 0 Å². The molecule has 2 heterocycles. The Hall–Kier alpha value is -1.83. The molecule has 2 aliphatic rings. The van der Waals surface area contributed by atoms with Crippen LogP contribution in [0.4, 0.5) is 0 Å². The smallest absolute Gasteiger partial charge is 0.228 e. The van der Waals surface area contributed by atoms with Crippen molar-refractivity contribution in [1.82, 2.24) is 14.7 Å². The molecule has 1 aromatic carbocycles. The van der Waals surface area contributed by atoms with Gasteiger partial charge in [-0.1, -0.05) is 38.4 Å². The number of nitrogens with zero attached hydrogens (tertiary/aromatic N) is 3. The van der Waals surface area contributed by atoms with Crippen molar-refractivity contribution in [2.45, 2.75) is 32.8 Å². The molecule has 7 nitrogen and oxygen atoms in total. The van der Waals surface area contributed by atoms with E-state index in [-0.39, 0.29) is 24.8 Å². The Bertz CT molecular complexity index is 789. The molecule has 2 aliphatic heterocycles. The van der Waals surface area contributed by atoms with E-state index in [9.17, 15) is 9.59 Å². The van der Waals surface area contributed by atoms with E-state index in [0.717, 1.165) is 13.1 Å². The topological polar surface area (TPSA) is 62.3 Å². The van der Waals surface area contributed by atoms with E-state index >= 15 is 0 Å². The van der Waals surface area contributed by atoms with Gasteiger partial charge in [0.25, 0.3) is 0 Å². The molecule has 2 fully saturated rings. The highest BCUT2D eigenvalue weighted by Gasteiger charge is 2.44. The van der Waals surface area contributed by atoms with Crippen LogP contribution in [0.25, 0.3) is 0 Å². The summed E-state index contributed by atoms with van der Waals surface area (Å²) in [6.45, 7) is 10.2. The molecule has 0 aromatic heterocycles. The van der Waals surface area contributed by atoms with Gasteiger partial charge in [0.1, 0.15) is 18.0 Å². The maximum Gasteiger partial charge on any atom is 0.228 e. The van der Waals surface area contributed by atoms with Crippen LogP contribution in [0.15, 0.2) is 24.3 Å².